The summed E-state index contributed by atoms with van der Waals surface area (Å²) in [7, 11) is 0. The van der Waals surface area contributed by atoms with Gasteiger partial charge in [0, 0.05) is 39.8 Å². The van der Waals surface area contributed by atoms with Gasteiger partial charge in [-0.1, -0.05) is 24.4 Å². The SMILES string of the molecule is Nc1nc(/C(=N/OC(C(=O)O)C2CCCCC2)C(=O)N[C@@H]2C(=O)N3C(C(=O)[O-])=C(CSc4cc[n+](CCF)cc4)CS[C@H]23)cs1. The number of amides is 2. The Morgan fingerprint density at radius 3 is 2.64 bits per heavy atom. The molecule has 0 bridgehead atoms. The Balaban J connectivity index is 1.29. The number of pyridine rings is 1. The van der Waals surface area contributed by atoms with Crippen LogP contribution >= 0.6 is 34.9 Å². The molecule has 1 aliphatic carbocycles. The lowest BCUT2D eigenvalue weighted by molar-refractivity contribution is -0.697. The summed E-state index contributed by atoms with van der Waals surface area (Å²) in [6.07, 6.45) is 6.25. The van der Waals surface area contributed by atoms with Crippen molar-refractivity contribution in [1.82, 2.24) is 15.2 Å². The van der Waals surface area contributed by atoms with Crippen LogP contribution in [0.5, 0.6) is 0 Å². The molecule has 5 rings (SSSR count). The van der Waals surface area contributed by atoms with Crippen LogP contribution in [-0.2, 0) is 30.6 Å². The summed E-state index contributed by atoms with van der Waals surface area (Å²) in [4.78, 5) is 62.3. The molecule has 1 unspecified atom stereocenters. The minimum atomic E-state index is -1.50. The number of aryl methyl sites for hydroxylation is 1. The number of alkyl halides is 1. The number of carboxylic acid groups (broad SMARTS) is 2. The van der Waals surface area contributed by atoms with Gasteiger partial charge in [-0.25, -0.2) is 18.7 Å². The first-order valence-electron chi connectivity index (χ1n) is 14.2. The Morgan fingerprint density at radius 1 is 1.29 bits per heavy atom. The molecule has 1 saturated heterocycles. The third kappa shape index (κ3) is 7.41. The third-order valence-electron chi connectivity index (χ3n) is 7.70. The fourth-order valence-electron chi connectivity index (χ4n) is 5.43. The molecule has 2 aromatic heterocycles. The molecule has 0 radical (unpaired) electrons. The van der Waals surface area contributed by atoms with Gasteiger partial charge in [-0.05, 0) is 18.4 Å². The molecule has 0 aromatic carbocycles. The largest absolute Gasteiger partial charge is 0.543 e. The summed E-state index contributed by atoms with van der Waals surface area (Å²) in [5, 5.41) is 29.4. The van der Waals surface area contributed by atoms with Crippen molar-refractivity contribution in [2.75, 3.05) is 23.9 Å². The van der Waals surface area contributed by atoms with E-state index in [-0.39, 0.29) is 46.2 Å². The van der Waals surface area contributed by atoms with Crippen molar-refractivity contribution >= 4 is 69.5 Å². The van der Waals surface area contributed by atoms with Crippen LogP contribution in [0.2, 0.25) is 0 Å². The number of anilines is 1. The van der Waals surface area contributed by atoms with Crippen molar-refractivity contribution < 1.29 is 43.2 Å². The quantitative estimate of drug-likeness (QED) is 0.0898. The van der Waals surface area contributed by atoms with E-state index in [1.165, 1.54) is 28.9 Å². The number of carbonyl (C=O) groups excluding carboxylic acids is 3. The minimum Gasteiger partial charge on any atom is -0.543 e. The van der Waals surface area contributed by atoms with Gasteiger partial charge >= 0.3 is 5.97 Å². The van der Waals surface area contributed by atoms with Crippen LogP contribution < -0.4 is 20.7 Å². The number of nitrogens with two attached hydrogens (primary N) is 1. The smallest absolute Gasteiger partial charge is 0.348 e. The number of rotatable bonds is 13. The molecule has 2 aliphatic heterocycles. The number of halogens is 1. The van der Waals surface area contributed by atoms with Crippen LogP contribution in [0.15, 0.2) is 51.2 Å². The zero-order valence-corrected chi connectivity index (χ0v) is 26.4. The normalized spacial score (nSPS) is 21.1. The number of β-lactam (4-membered cyclic amide) rings is 1. The highest BCUT2D eigenvalue weighted by Gasteiger charge is 2.53. The van der Waals surface area contributed by atoms with Gasteiger partial charge in [0.15, 0.2) is 29.8 Å². The van der Waals surface area contributed by atoms with Gasteiger partial charge in [0.25, 0.3) is 11.8 Å². The van der Waals surface area contributed by atoms with E-state index in [0.717, 1.165) is 40.4 Å². The minimum absolute atomic E-state index is 0.0495. The molecule has 4 heterocycles. The fourth-order valence-corrected chi connectivity index (χ4v) is 8.35. The van der Waals surface area contributed by atoms with Gasteiger partial charge < -0.3 is 30.9 Å². The van der Waals surface area contributed by atoms with Crippen LogP contribution in [0.25, 0.3) is 0 Å². The number of hydrogen-bond donors (Lipinski definition) is 3. The van der Waals surface area contributed by atoms with E-state index in [1.807, 2.05) is 0 Å². The second-order valence-corrected chi connectivity index (χ2v) is 13.7. The maximum absolute atomic E-state index is 13.4. The van der Waals surface area contributed by atoms with E-state index in [4.69, 9.17) is 10.6 Å². The third-order valence-corrected chi connectivity index (χ3v) is 10.8. The summed E-state index contributed by atoms with van der Waals surface area (Å²) in [6, 6.07) is 2.51. The van der Waals surface area contributed by atoms with E-state index in [0.29, 0.717) is 18.4 Å². The number of thioether (sulfide) groups is 2. The van der Waals surface area contributed by atoms with Crippen molar-refractivity contribution in [1.29, 1.82) is 0 Å². The number of aliphatic carboxylic acids is 2. The highest BCUT2D eigenvalue weighted by atomic mass is 32.2. The van der Waals surface area contributed by atoms with Gasteiger partial charge in [-0.2, -0.15) is 0 Å². The van der Waals surface area contributed by atoms with E-state index >= 15 is 0 Å². The predicted molar refractivity (Wildman–Crippen MR) is 163 cm³/mol. The Bertz CT molecular complexity index is 1510. The Hall–Kier alpha value is -3.70. The Labute approximate surface area is 270 Å². The second-order valence-electron chi connectivity index (χ2n) is 10.6. The number of nitrogens with one attached hydrogen (secondary N) is 1. The zero-order chi connectivity index (χ0) is 32.1. The highest BCUT2D eigenvalue weighted by molar-refractivity contribution is 8.01. The van der Waals surface area contributed by atoms with Gasteiger partial charge in [0.1, 0.15) is 23.8 Å². The molecule has 4 N–H and O–H groups in total. The van der Waals surface area contributed by atoms with Crippen molar-refractivity contribution in [3.8, 4) is 0 Å². The molecule has 3 aliphatic rings. The van der Waals surface area contributed by atoms with E-state index in [2.05, 4.69) is 15.5 Å². The van der Waals surface area contributed by atoms with Crippen molar-refractivity contribution in [3.05, 3.63) is 46.9 Å². The van der Waals surface area contributed by atoms with Crippen molar-refractivity contribution in [3.63, 3.8) is 0 Å². The maximum Gasteiger partial charge on any atom is 0.348 e. The molecule has 1 saturated carbocycles. The summed E-state index contributed by atoms with van der Waals surface area (Å²) in [6.45, 7) is -0.255. The lowest BCUT2D eigenvalue weighted by atomic mass is 9.85. The molecular weight excluding hydrogens is 648 g/mol. The number of aromatic nitrogens is 2. The number of carboxylic acids is 2. The number of nitrogen functional groups attached to an aromatic ring is 1. The number of thiazole rings is 1. The van der Waals surface area contributed by atoms with E-state index in [9.17, 15) is 33.8 Å². The molecule has 45 heavy (non-hydrogen) atoms. The lowest BCUT2D eigenvalue weighted by Gasteiger charge is -2.50. The molecule has 2 amide bonds. The molecule has 240 valence electrons. The van der Waals surface area contributed by atoms with E-state index in [1.54, 1.807) is 29.1 Å². The molecule has 2 fully saturated rings. The second kappa shape index (κ2) is 14.6. The number of fused-ring (bicyclic) bond motifs is 1. The lowest BCUT2D eigenvalue weighted by Crippen LogP contribution is -2.71. The number of hydrogen-bond acceptors (Lipinski definition) is 12. The topological polar surface area (TPSA) is 191 Å². The standard InChI is InChI=1S/C28H31FN6O7S3/c29-8-11-34-9-6-17(7-10-34)43-12-16-13-44-25-20(24(37)35(25)21(16)26(38)39)32-23(36)19(18-14-45-28(30)31-18)33-42-22(27(40)41)15-4-2-1-3-5-15/h6-7,9-10,14-15,20,22,25H,1-5,8,11-13H2,(H4-,30,31,32,36,38,39,40,41)/b33-19-/t20-,22?,25-/m1/s1. The van der Waals surface area contributed by atoms with Gasteiger partial charge in [-0.15, -0.1) is 34.9 Å². The molecule has 17 heteroatoms. The van der Waals surface area contributed by atoms with Crippen LogP contribution in [0, 0.1) is 5.92 Å². The zero-order valence-electron chi connectivity index (χ0n) is 23.9. The van der Waals surface area contributed by atoms with Crippen LogP contribution in [0.1, 0.15) is 37.8 Å². The molecule has 0 spiro atoms. The van der Waals surface area contributed by atoms with E-state index < -0.39 is 47.9 Å². The molecule has 13 nitrogen and oxygen atoms in total. The predicted octanol–water partition coefficient (Wildman–Crippen LogP) is 0.933. The fraction of sp³-hybridized carbons (Fsp3) is 0.464. The molecule has 2 aromatic rings. The summed E-state index contributed by atoms with van der Waals surface area (Å²) in [5.74, 6) is -3.90. The van der Waals surface area contributed by atoms with Crippen LogP contribution in [0.4, 0.5) is 9.52 Å². The number of carbonyl (C=O) groups is 4. The maximum atomic E-state index is 13.4. The van der Waals surface area contributed by atoms with Crippen molar-refractivity contribution in [2.24, 2.45) is 11.1 Å². The van der Waals surface area contributed by atoms with Gasteiger partial charge in [0.05, 0.1) is 11.7 Å². The van der Waals surface area contributed by atoms with Gasteiger partial charge in [-0.3, -0.25) is 14.5 Å². The first-order chi connectivity index (χ1) is 21.7. The van der Waals surface area contributed by atoms with Crippen LogP contribution in [-0.4, -0.2) is 80.2 Å². The molecular formula is C28H31FN6O7S3. The average Bonchev–Trinajstić information content (AvgIpc) is 3.46. The highest BCUT2D eigenvalue weighted by Crippen LogP contribution is 2.41. The van der Waals surface area contributed by atoms with Crippen LogP contribution in [0.3, 0.4) is 0 Å². The average molecular weight is 679 g/mol. The first-order valence-corrected chi connectivity index (χ1v) is 17.1. The number of oxime groups is 1. The summed E-state index contributed by atoms with van der Waals surface area (Å²) >= 11 is 3.71. The van der Waals surface area contributed by atoms with Gasteiger partial charge in [0.2, 0.25) is 6.10 Å². The Morgan fingerprint density at radius 2 is 2.02 bits per heavy atom. The first kappa shape index (κ1) is 32.7. The van der Waals surface area contributed by atoms with Crippen molar-refractivity contribution in [2.45, 2.75) is 61.1 Å². The monoisotopic (exact) mass is 678 g/mol. The Kier molecular flexibility index (Phi) is 10.6. The summed E-state index contributed by atoms with van der Waals surface area (Å²) in [5.41, 5.74) is 5.73. The number of nitrogens with zero attached hydrogens (tertiary/aromatic N) is 4. The molecule has 3 atom stereocenters. The summed E-state index contributed by atoms with van der Waals surface area (Å²) < 4.78 is 14.3.